The minimum Gasteiger partial charge on any atom is -0.465 e. The maximum absolute atomic E-state index is 12.8. The Morgan fingerprint density at radius 2 is 1.86 bits per heavy atom. The molecule has 0 unspecified atom stereocenters. The highest BCUT2D eigenvalue weighted by Crippen LogP contribution is 2.22. The number of urea groups is 1. The molecule has 12 heteroatoms. The minimum absolute atomic E-state index is 0.0120. The molecule has 0 spiro atoms. The van der Waals surface area contributed by atoms with Gasteiger partial charge in [-0.15, -0.1) is 0 Å². The van der Waals surface area contributed by atoms with E-state index in [1.165, 1.54) is 19.0 Å². The average Bonchev–Trinajstić information content (AvgIpc) is 3.15. The number of esters is 1. The van der Waals surface area contributed by atoms with Crippen molar-refractivity contribution in [3.05, 3.63) is 29.8 Å². The van der Waals surface area contributed by atoms with Gasteiger partial charge >= 0.3 is 18.1 Å². The molecule has 0 bridgehead atoms. The van der Waals surface area contributed by atoms with Gasteiger partial charge in [0.05, 0.1) is 13.0 Å². The molecule has 1 aliphatic rings. The first-order chi connectivity index (χ1) is 16.4. The first kappa shape index (κ1) is 27.4. The molecule has 0 radical (unpaired) electrons. The Balaban J connectivity index is 1.82. The zero-order valence-electron chi connectivity index (χ0n) is 20.8. The highest BCUT2D eigenvalue weighted by molar-refractivity contribution is 6.02. The van der Waals surface area contributed by atoms with Gasteiger partial charge in [0.1, 0.15) is 6.04 Å². The van der Waals surface area contributed by atoms with Crippen LogP contribution in [-0.4, -0.2) is 74.6 Å². The molecule has 1 aromatic rings. The number of nitrogens with two attached hydrogens (primary N) is 1. The third kappa shape index (κ3) is 8.80. The van der Waals surface area contributed by atoms with Crippen LogP contribution < -0.4 is 21.3 Å². The zero-order valence-corrected chi connectivity index (χ0v) is 20.8. The van der Waals surface area contributed by atoms with E-state index in [-0.39, 0.29) is 30.1 Å². The lowest BCUT2D eigenvalue weighted by molar-refractivity contribution is -0.146. The summed E-state index contributed by atoms with van der Waals surface area (Å²) in [6, 6.07) is 5.47. The van der Waals surface area contributed by atoms with E-state index in [9.17, 15) is 19.2 Å². The van der Waals surface area contributed by atoms with E-state index in [1.54, 1.807) is 29.2 Å². The summed E-state index contributed by atoms with van der Waals surface area (Å²) in [5.74, 6) is -0.634. The Hall–Kier alpha value is -3.83. The van der Waals surface area contributed by atoms with Crippen LogP contribution in [0, 0.1) is 5.41 Å². The van der Waals surface area contributed by atoms with E-state index in [4.69, 9.17) is 15.3 Å². The molecule has 0 saturated carbocycles. The summed E-state index contributed by atoms with van der Waals surface area (Å²) >= 11 is 0. The summed E-state index contributed by atoms with van der Waals surface area (Å²) < 4.78 is 5.15. The number of nitrogens with zero attached hydrogens (tertiary/aromatic N) is 3. The van der Waals surface area contributed by atoms with Crippen molar-refractivity contribution in [2.75, 3.05) is 38.7 Å². The zero-order chi connectivity index (χ0) is 26.2. The van der Waals surface area contributed by atoms with E-state index < -0.39 is 24.1 Å². The number of rotatable bonds is 8. The number of benzene rings is 1. The van der Waals surface area contributed by atoms with E-state index in [0.29, 0.717) is 30.8 Å². The summed E-state index contributed by atoms with van der Waals surface area (Å²) in [6.45, 7) is 6.70. The number of amidine groups is 1. The van der Waals surface area contributed by atoms with Gasteiger partial charge in [0.15, 0.2) is 5.84 Å². The number of carbonyl (C=O) groups excluding carboxylic acids is 4. The smallest absolute Gasteiger partial charge is 0.435 e. The van der Waals surface area contributed by atoms with Gasteiger partial charge in [-0.1, -0.05) is 25.9 Å². The Morgan fingerprint density at radius 1 is 1.20 bits per heavy atom. The lowest BCUT2D eigenvalue weighted by atomic mass is 9.99. The molecule has 4 N–H and O–H groups in total. The summed E-state index contributed by atoms with van der Waals surface area (Å²) in [6.07, 6.45) is -0.178. The van der Waals surface area contributed by atoms with Gasteiger partial charge in [0.2, 0.25) is 5.91 Å². The number of amides is 4. The topological polar surface area (TPSA) is 156 Å². The first-order valence-corrected chi connectivity index (χ1v) is 11.2. The van der Waals surface area contributed by atoms with Gasteiger partial charge in [-0.25, -0.2) is 9.59 Å². The van der Waals surface area contributed by atoms with Crippen molar-refractivity contribution in [3.63, 3.8) is 0 Å². The number of hydrogen-bond acceptors (Lipinski definition) is 7. The molecule has 0 aliphatic carbocycles. The van der Waals surface area contributed by atoms with Crippen LogP contribution in [0.5, 0.6) is 0 Å². The second-order valence-corrected chi connectivity index (χ2v) is 9.48. The lowest BCUT2D eigenvalue weighted by Gasteiger charge is -2.18. The Kier molecular flexibility index (Phi) is 9.43. The molecular weight excluding hydrogens is 456 g/mol. The molecule has 1 heterocycles. The maximum Gasteiger partial charge on any atom is 0.435 e. The van der Waals surface area contributed by atoms with E-state index >= 15 is 0 Å². The van der Waals surface area contributed by atoms with Crippen LogP contribution in [0.25, 0.3) is 0 Å². The highest BCUT2D eigenvalue weighted by Gasteiger charge is 2.33. The van der Waals surface area contributed by atoms with E-state index in [1.807, 2.05) is 20.8 Å². The van der Waals surface area contributed by atoms with Crippen LogP contribution >= 0.6 is 0 Å². The Morgan fingerprint density at radius 3 is 2.46 bits per heavy atom. The van der Waals surface area contributed by atoms with Crippen molar-refractivity contribution in [2.45, 2.75) is 39.7 Å². The fraction of sp³-hybridized carbons (Fsp3) is 0.522. The summed E-state index contributed by atoms with van der Waals surface area (Å²) in [4.78, 5) is 55.5. The fourth-order valence-corrected chi connectivity index (χ4v) is 2.96. The van der Waals surface area contributed by atoms with Gasteiger partial charge in [0.25, 0.3) is 0 Å². The SMILES string of the molecule is CN(C)C(=O)O/N=C(\N)c1ccc(N2CC[C@H](NC(=O)NCCC(=O)OCC(C)(C)C)C2=O)cc1. The number of anilines is 1. The second kappa shape index (κ2) is 12.0. The molecular formula is C23H34N6O6. The predicted octanol–water partition coefficient (Wildman–Crippen LogP) is 1.39. The Bertz CT molecular complexity index is 954. The van der Waals surface area contributed by atoms with Crippen LogP contribution in [0.1, 0.15) is 39.2 Å². The van der Waals surface area contributed by atoms with Crippen molar-refractivity contribution in [3.8, 4) is 0 Å². The lowest BCUT2D eigenvalue weighted by Crippen LogP contribution is -2.46. The number of carbonyl (C=O) groups is 4. The van der Waals surface area contributed by atoms with Crippen LogP contribution in [0.15, 0.2) is 29.4 Å². The molecule has 2 rings (SSSR count). The minimum atomic E-state index is -0.681. The molecule has 1 atom stereocenters. The van der Waals surface area contributed by atoms with Gasteiger partial charge in [-0.05, 0) is 36.1 Å². The predicted molar refractivity (Wildman–Crippen MR) is 130 cm³/mol. The molecule has 192 valence electrons. The highest BCUT2D eigenvalue weighted by atomic mass is 16.7. The number of ether oxygens (including phenoxy) is 1. The normalized spacial score (nSPS) is 16.0. The van der Waals surface area contributed by atoms with Gasteiger partial charge in [-0.3, -0.25) is 14.4 Å². The Labute approximate surface area is 204 Å². The molecule has 35 heavy (non-hydrogen) atoms. The van der Waals surface area contributed by atoms with Crippen LogP contribution in [0.4, 0.5) is 15.3 Å². The largest absolute Gasteiger partial charge is 0.465 e. The number of oxime groups is 1. The second-order valence-electron chi connectivity index (χ2n) is 9.48. The molecule has 1 saturated heterocycles. The fourth-order valence-electron chi connectivity index (χ4n) is 2.96. The first-order valence-electron chi connectivity index (χ1n) is 11.2. The molecule has 1 aliphatic heterocycles. The monoisotopic (exact) mass is 490 g/mol. The van der Waals surface area contributed by atoms with Crippen molar-refractivity contribution in [1.82, 2.24) is 15.5 Å². The summed E-state index contributed by atoms with van der Waals surface area (Å²) in [7, 11) is 3.04. The van der Waals surface area contributed by atoms with Crippen LogP contribution in [0.2, 0.25) is 0 Å². The van der Waals surface area contributed by atoms with Gasteiger partial charge in [0, 0.05) is 38.4 Å². The molecule has 1 aromatic carbocycles. The average molecular weight is 491 g/mol. The van der Waals surface area contributed by atoms with Gasteiger partial charge < -0.3 is 30.9 Å². The number of hydrogen-bond donors (Lipinski definition) is 3. The van der Waals surface area contributed by atoms with Crippen molar-refractivity contribution < 1.29 is 28.8 Å². The van der Waals surface area contributed by atoms with Crippen molar-refractivity contribution >= 4 is 35.5 Å². The quantitative estimate of drug-likeness (QED) is 0.163. The summed E-state index contributed by atoms with van der Waals surface area (Å²) in [5, 5.41) is 8.81. The standard InChI is InChI=1S/C23H34N6O6/c1-23(2,3)14-34-18(30)10-12-25-21(32)26-17-11-13-29(20(17)31)16-8-6-15(7-9-16)19(24)27-35-22(33)28(4)5/h6-9,17H,10-14H2,1-5H3,(H2,24,27)(H2,25,26,32)/t17-/m0/s1. The van der Waals surface area contributed by atoms with Crippen LogP contribution in [0.3, 0.4) is 0 Å². The van der Waals surface area contributed by atoms with Crippen LogP contribution in [-0.2, 0) is 19.2 Å². The van der Waals surface area contributed by atoms with E-state index in [2.05, 4.69) is 15.8 Å². The molecule has 4 amide bonds. The van der Waals surface area contributed by atoms with Crippen molar-refractivity contribution in [1.29, 1.82) is 0 Å². The van der Waals surface area contributed by atoms with E-state index in [0.717, 1.165) is 0 Å². The molecule has 12 nitrogen and oxygen atoms in total. The third-order valence-electron chi connectivity index (χ3n) is 4.85. The number of nitrogens with one attached hydrogen (secondary N) is 2. The molecule has 0 aromatic heterocycles. The third-order valence-corrected chi connectivity index (χ3v) is 4.85. The van der Waals surface area contributed by atoms with Gasteiger partial charge in [-0.2, -0.15) is 0 Å². The van der Waals surface area contributed by atoms with Crippen molar-refractivity contribution in [2.24, 2.45) is 16.3 Å². The maximum atomic E-state index is 12.8. The molecule has 1 fully saturated rings. The summed E-state index contributed by atoms with van der Waals surface area (Å²) in [5.41, 5.74) is 6.85.